The number of fused-ring (bicyclic) bond motifs is 4. The van der Waals surface area contributed by atoms with E-state index >= 15 is 0 Å². The molecule has 0 saturated carbocycles. The number of hydrogen-bond donors (Lipinski definition) is 1. The van der Waals surface area contributed by atoms with Gasteiger partial charge in [0.1, 0.15) is 0 Å². The van der Waals surface area contributed by atoms with Crippen LogP contribution in [0.1, 0.15) is 51.1 Å². The summed E-state index contributed by atoms with van der Waals surface area (Å²) in [6.45, 7) is 6.00. The van der Waals surface area contributed by atoms with Gasteiger partial charge >= 0.3 is 0 Å². The Morgan fingerprint density at radius 3 is 2.80 bits per heavy atom. The van der Waals surface area contributed by atoms with Crippen LogP contribution in [-0.4, -0.2) is 40.4 Å². The zero-order chi connectivity index (χ0) is 18.0. The summed E-state index contributed by atoms with van der Waals surface area (Å²) in [7, 11) is 0. The van der Waals surface area contributed by atoms with Gasteiger partial charge in [-0.3, -0.25) is 14.4 Å². The van der Waals surface area contributed by atoms with Crippen LogP contribution in [0.2, 0.25) is 0 Å². The molecule has 2 amide bonds. The fourth-order valence-corrected chi connectivity index (χ4v) is 3.93. The molecule has 2 aliphatic rings. The van der Waals surface area contributed by atoms with Crippen molar-refractivity contribution in [1.29, 1.82) is 0 Å². The lowest BCUT2D eigenvalue weighted by Gasteiger charge is -2.42. The molecule has 3 rings (SSSR count). The van der Waals surface area contributed by atoms with Gasteiger partial charge in [0.25, 0.3) is 5.56 Å². The highest BCUT2D eigenvalue weighted by molar-refractivity contribution is 5.84. The first kappa shape index (κ1) is 17.7. The lowest BCUT2D eigenvalue weighted by atomic mass is 9.83. The molecule has 0 aliphatic carbocycles. The molecular weight excluding hydrogens is 318 g/mol. The highest BCUT2D eigenvalue weighted by Gasteiger charge is 2.36. The predicted octanol–water partition coefficient (Wildman–Crippen LogP) is 1.49. The van der Waals surface area contributed by atoms with Crippen molar-refractivity contribution in [3.63, 3.8) is 0 Å². The third-order valence-corrected chi connectivity index (χ3v) is 5.42. The third-order valence-electron chi connectivity index (χ3n) is 5.42. The van der Waals surface area contributed by atoms with Crippen molar-refractivity contribution < 1.29 is 9.59 Å². The van der Waals surface area contributed by atoms with Crippen molar-refractivity contribution in [2.45, 2.75) is 58.0 Å². The Kier molecular flexibility index (Phi) is 5.25. The van der Waals surface area contributed by atoms with Crippen molar-refractivity contribution in [2.75, 3.05) is 13.1 Å². The first-order valence-corrected chi connectivity index (χ1v) is 9.24. The molecule has 6 nitrogen and oxygen atoms in total. The molecule has 6 heteroatoms. The van der Waals surface area contributed by atoms with E-state index in [2.05, 4.69) is 5.32 Å². The predicted molar refractivity (Wildman–Crippen MR) is 95.3 cm³/mol. The average molecular weight is 345 g/mol. The van der Waals surface area contributed by atoms with E-state index in [4.69, 9.17) is 0 Å². The lowest BCUT2D eigenvalue weighted by Crippen LogP contribution is -2.49. The number of nitrogens with zero attached hydrogens (tertiary/aromatic N) is 2. The zero-order valence-electron chi connectivity index (χ0n) is 15.0. The molecule has 0 spiro atoms. The monoisotopic (exact) mass is 345 g/mol. The van der Waals surface area contributed by atoms with Gasteiger partial charge in [-0.25, -0.2) is 0 Å². The molecule has 1 N–H and O–H groups in total. The van der Waals surface area contributed by atoms with Gasteiger partial charge in [-0.05, 0) is 31.7 Å². The van der Waals surface area contributed by atoms with Gasteiger partial charge in [0.05, 0.1) is 0 Å². The highest BCUT2D eigenvalue weighted by Crippen LogP contribution is 2.35. The van der Waals surface area contributed by atoms with Gasteiger partial charge in [-0.1, -0.05) is 13.0 Å². The molecule has 3 atom stereocenters. The fourth-order valence-electron chi connectivity index (χ4n) is 3.93. The van der Waals surface area contributed by atoms with Gasteiger partial charge in [-0.15, -0.1) is 0 Å². The van der Waals surface area contributed by atoms with Crippen LogP contribution in [0.15, 0.2) is 23.0 Å². The van der Waals surface area contributed by atoms with Crippen molar-refractivity contribution in [2.24, 2.45) is 5.92 Å². The van der Waals surface area contributed by atoms with Gasteiger partial charge in [0, 0.05) is 56.2 Å². The summed E-state index contributed by atoms with van der Waals surface area (Å²) in [4.78, 5) is 38.3. The van der Waals surface area contributed by atoms with Crippen molar-refractivity contribution in [3.05, 3.63) is 34.2 Å². The maximum Gasteiger partial charge on any atom is 0.250 e. The lowest BCUT2D eigenvalue weighted by molar-refractivity contribution is -0.136. The first-order chi connectivity index (χ1) is 12.0. The summed E-state index contributed by atoms with van der Waals surface area (Å²) in [5, 5.41) is 2.90. The second-order valence-electron chi connectivity index (χ2n) is 7.37. The molecule has 0 radical (unpaired) electrons. The molecule has 3 heterocycles. The molecule has 136 valence electrons. The maximum atomic E-state index is 12.5. The summed E-state index contributed by atoms with van der Waals surface area (Å²) >= 11 is 0. The Hall–Kier alpha value is -2.11. The molecule has 1 aromatic rings. The minimum absolute atomic E-state index is 0.0423. The van der Waals surface area contributed by atoms with Gasteiger partial charge < -0.3 is 14.8 Å². The van der Waals surface area contributed by atoms with E-state index < -0.39 is 0 Å². The van der Waals surface area contributed by atoms with Crippen molar-refractivity contribution in [1.82, 2.24) is 14.8 Å². The maximum absolute atomic E-state index is 12.5. The molecule has 0 aromatic carbocycles. The van der Waals surface area contributed by atoms with Crippen LogP contribution < -0.4 is 10.9 Å². The van der Waals surface area contributed by atoms with Gasteiger partial charge in [-0.2, -0.15) is 0 Å². The quantitative estimate of drug-likeness (QED) is 0.879. The molecule has 1 saturated heterocycles. The summed E-state index contributed by atoms with van der Waals surface area (Å²) < 4.78 is 1.86. The van der Waals surface area contributed by atoms with Crippen LogP contribution in [0, 0.1) is 5.92 Å². The number of piperidine rings is 1. The van der Waals surface area contributed by atoms with E-state index in [1.807, 2.05) is 29.4 Å². The first-order valence-electron chi connectivity index (χ1n) is 9.24. The minimum Gasteiger partial charge on any atom is -0.354 e. The standard InChI is InChI=1S/C19H27N3O3/c1-3-13(2)20-17(23)7-8-18(24)21-10-14-9-15(12-21)16-5-4-6-19(25)22(16)11-14/h4-6,13-15H,3,7-12H2,1-2H3,(H,20,23)/t13?,14-,15?/m0/s1. The number of pyridine rings is 1. The molecule has 2 aliphatic heterocycles. The highest BCUT2D eigenvalue weighted by atomic mass is 16.2. The zero-order valence-corrected chi connectivity index (χ0v) is 15.0. The average Bonchev–Trinajstić information content (AvgIpc) is 2.60. The second-order valence-corrected chi connectivity index (χ2v) is 7.37. The van der Waals surface area contributed by atoms with E-state index in [-0.39, 0.29) is 42.2 Å². The van der Waals surface area contributed by atoms with Crippen LogP contribution in [0.4, 0.5) is 0 Å². The number of rotatable bonds is 5. The summed E-state index contributed by atoms with van der Waals surface area (Å²) in [5.74, 6) is 0.529. The van der Waals surface area contributed by atoms with E-state index in [1.165, 1.54) is 0 Å². The summed E-state index contributed by atoms with van der Waals surface area (Å²) in [6.07, 6.45) is 2.41. The number of amides is 2. The Morgan fingerprint density at radius 2 is 2.04 bits per heavy atom. The molecule has 1 fully saturated rings. The fraction of sp³-hybridized carbons (Fsp3) is 0.632. The van der Waals surface area contributed by atoms with Crippen molar-refractivity contribution >= 4 is 11.8 Å². The van der Waals surface area contributed by atoms with Crippen LogP contribution in [0.5, 0.6) is 0 Å². The molecule has 2 unspecified atom stereocenters. The number of nitrogens with one attached hydrogen (secondary N) is 1. The summed E-state index contributed by atoms with van der Waals surface area (Å²) in [6, 6.07) is 5.54. The Labute approximate surface area is 148 Å². The molecule has 25 heavy (non-hydrogen) atoms. The smallest absolute Gasteiger partial charge is 0.250 e. The molecular formula is C19H27N3O3. The number of carbonyl (C=O) groups excluding carboxylic acids is 2. The van der Waals surface area contributed by atoms with Crippen LogP contribution in [0.3, 0.4) is 0 Å². The Bertz CT molecular complexity index is 712. The number of aromatic nitrogens is 1. The van der Waals surface area contributed by atoms with E-state index in [9.17, 15) is 14.4 Å². The van der Waals surface area contributed by atoms with Crippen LogP contribution in [-0.2, 0) is 16.1 Å². The topological polar surface area (TPSA) is 71.4 Å². The van der Waals surface area contributed by atoms with E-state index in [1.54, 1.807) is 12.1 Å². The third kappa shape index (κ3) is 3.94. The van der Waals surface area contributed by atoms with Crippen molar-refractivity contribution in [3.8, 4) is 0 Å². The van der Waals surface area contributed by atoms with E-state index in [0.29, 0.717) is 25.6 Å². The minimum atomic E-state index is -0.0585. The Balaban J connectivity index is 1.60. The Morgan fingerprint density at radius 1 is 1.24 bits per heavy atom. The number of carbonyl (C=O) groups is 2. The normalized spacial score (nSPS) is 22.9. The van der Waals surface area contributed by atoms with Gasteiger partial charge in [0.15, 0.2) is 0 Å². The summed E-state index contributed by atoms with van der Waals surface area (Å²) in [5.41, 5.74) is 1.09. The van der Waals surface area contributed by atoms with E-state index in [0.717, 1.165) is 18.5 Å². The van der Waals surface area contributed by atoms with Gasteiger partial charge in [0.2, 0.25) is 11.8 Å². The SMILES string of the molecule is CCC(C)NC(=O)CCC(=O)N1CC2C[C@@H](C1)Cn1c2cccc1=O. The molecule has 2 bridgehead atoms. The van der Waals surface area contributed by atoms with Crippen LogP contribution in [0.25, 0.3) is 0 Å². The second kappa shape index (κ2) is 7.42. The molecule has 1 aromatic heterocycles. The number of hydrogen-bond acceptors (Lipinski definition) is 3. The van der Waals surface area contributed by atoms with Crippen LogP contribution >= 0.6 is 0 Å². The number of likely N-dealkylation sites (tertiary alicyclic amines) is 1. The largest absolute Gasteiger partial charge is 0.354 e.